The Balaban J connectivity index is 1.57. The lowest BCUT2D eigenvalue weighted by atomic mass is 10.1. The van der Waals surface area contributed by atoms with Gasteiger partial charge >= 0.3 is 0 Å². The first-order valence-corrected chi connectivity index (χ1v) is 7.54. The molecular formula is C16H25N3. The molecule has 1 aliphatic carbocycles. The Morgan fingerprint density at radius 3 is 2.68 bits per heavy atom. The molecule has 104 valence electrons. The van der Waals surface area contributed by atoms with Crippen LogP contribution in [0.3, 0.4) is 0 Å². The number of benzene rings is 1. The highest BCUT2D eigenvalue weighted by molar-refractivity contribution is 5.73. The summed E-state index contributed by atoms with van der Waals surface area (Å²) in [5.41, 5.74) is 2.75. The highest BCUT2D eigenvalue weighted by Gasteiger charge is 2.27. The molecule has 3 heteroatoms. The van der Waals surface area contributed by atoms with Gasteiger partial charge in [0.25, 0.3) is 0 Å². The Morgan fingerprint density at radius 1 is 1.21 bits per heavy atom. The normalized spacial score (nSPS) is 20.3. The van der Waals surface area contributed by atoms with E-state index in [0.717, 1.165) is 32.1 Å². The molecule has 0 spiro atoms. The number of fused-ring (bicyclic) bond motifs is 1. The van der Waals surface area contributed by atoms with E-state index in [2.05, 4.69) is 53.4 Å². The van der Waals surface area contributed by atoms with Crippen LogP contribution in [0.2, 0.25) is 0 Å². The van der Waals surface area contributed by atoms with Crippen molar-refractivity contribution in [2.45, 2.75) is 25.8 Å². The molecule has 1 aromatic carbocycles. The van der Waals surface area contributed by atoms with Crippen molar-refractivity contribution >= 4 is 11.4 Å². The zero-order valence-corrected chi connectivity index (χ0v) is 12.1. The zero-order valence-electron chi connectivity index (χ0n) is 12.1. The average Bonchev–Trinajstić information content (AvgIpc) is 3.26. The van der Waals surface area contributed by atoms with Gasteiger partial charge in [0, 0.05) is 39.3 Å². The van der Waals surface area contributed by atoms with Crippen molar-refractivity contribution < 1.29 is 0 Å². The fraction of sp³-hybridized carbons (Fsp3) is 0.625. The number of nitrogens with one attached hydrogen (secondary N) is 1. The molecular weight excluding hydrogens is 234 g/mol. The Morgan fingerprint density at radius 2 is 1.95 bits per heavy atom. The smallest absolute Gasteiger partial charge is 0.0605 e. The lowest BCUT2D eigenvalue weighted by molar-refractivity contribution is 0.497. The molecule has 0 aromatic heterocycles. The van der Waals surface area contributed by atoms with E-state index in [-0.39, 0.29) is 0 Å². The van der Waals surface area contributed by atoms with Crippen LogP contribution in [0.5, 0.6) is 0 Å². The maximum absolute atomic E-state index is 3.68. The van der Waals surface area contributed by atoms with Gasteiger partial charge in [-0.1, -0.05) is 12.1 Å². The maximum Gasteiger partial charge on any atom is 0.0605 e. The van der Waals surface area contributed by atoms with Gasteiger partial charge in [0.15, 0.2) is 0 Å². The lowest BCUT2D eigenvalue weighted by Gasteiger charge is -2.37. The van der Waals surface area contributed by atoms with Crippen LogP contribution in [0, 0.1) is 5.92 Å². The number of anilines is 2. The monoisotopic (exact) mass is 259 g/mol. The summed E-state index contributed by atoms with van der Waals surface area (Å²) in [4.78, 5) is 4.87. The molecule has 1 N–H and O–H groups in total. The predicted molar refractivity (Wildman–Crippen MR) is 82.1 cm³/mol. The molecule has 1 aliphatic heterocycles. The van der Waals surface area contributed by atoms with E-state index < -0.39 is 0 Å². The van der Waals surface area contributed by atoms with Gasteiger partial charge in [-0.25, -0.2) is 0 Å². The fourth-order valence-corrected chi connectivity index (χ4v) is 2.99. The van der Waals surface area contributed by atoms with Crippen LogP contribution >= 0.6 is 0 Å². The number of hydrogen-bond donors (Lipinski definition) is 1. The highest BCUT2D eigenvalue weighted by Crippen LogP contribution is 2.33. The van der Waals surface area contributed by atoms with Crippen LogP contribution in [-0.2, 0) is 0 Å². The Kier molecular flexibility index (Phi) is 3.65. The quantitative estimate of drug-likeness (QED) is 0.875. The summed E-state index contributed by atoms with van der Waals surface area (Å²) in [5.74, 6) is 0.944. The largest absolute Gasteiger partial charge is 0.371 e. The fourth-order valence-electron chi connectivity index (χ4n) is 2.99. The van der Waals surface area contributed by atoms with E-state index in [1.54, 1.807) is 0 Å². The first-order chi connectivity index (χ1) is 9.25. The highest BCUT2D eigenvalue weighted by atomic mass is 15.3. The molecule has 1 unspecified atom stereocenters. The third-order valence-electron chi connectivity index (χ3n) is 4.52. The van der Waals surface area contributed by atoms with Crippen molar-refractivity contribution in [3.63, 3.8) is 0 Å². The molecule has 0 bridgehead atoms. The number of rotatable bonds is 5. The number of likely N-dealkylation sites (N-methyl/N-ethyl adjacent to an activating group) is 1. The second-order valence-electron chi connectivity index (χ2n) is 5.98. The number of hydrogen-bond acceptors (Lipinski definition) is 3. The number of nitrogens with zero attached hydrogens (tertiary/aromatic N) is 2. The van der Waals surface area contributed by atoms with Gasteiger partial charge < -0.3 is 15.1 Å². The summed E-state index contributed by atoms with van der Waals surface area (Å²) < 4.78 is 0. The van der Waals surface area contributed by atoms with E-state index >= 15 is 0 Å². The van der Waals surface area contributed by atoms with E-state index in [0.29, 0.717) is 6.04 Å². The molecule has 3 nitrogen and oxygen atoms in total. The van der Waals surface area contributed by atoms with Crippen molar-refractivity contribution in [2.24, 2.45) is 5.92 Å². The van der Waals surface area contributed by atoms with Crippen LogP contribution in [0.1, 0.15) is 19.8 Å². The maximum atomic E-state index is 3.68. The van der Waals surface area contributed by atoms with Crippen LogP contribution in [0.4, 0.5) is 11.4 Å². The van der Waals surface area contributed by atoms with Crippen LogP contribution in [0.25, 0.3) is 0 Å². The third kappa shape index (κ3) is 2.86. The third-order valence-corrected chi connectivity index (χ3v) is 4.52. The molecule has 1 heterocycles. The molecule has 0 saturated heterocycles. The van der Waals surface area contributed by atoms with Gasteiger partial charge in [0.1, 0.15) is 0 Å². The topological polar surface area (TPSA) is 18.5 Å². The molecule has 3 rings (SSSR count). The van der Waals surface area contributed by atoms with Gasteiger partial charge in [-0.2, -0.15) is 0 Å². The van der Waals surface area contributed by atoms with Crippen molar-refractivity contribution in [2.75, 3.05) is 43.0 Å². The Bertz CT molecular complexity index is 428. The molecule has 1 saturated carbocycles. The minimum atomic E-state index is 0.697. The number of para-hydroxylation sites is 2. The van der Waals surface area contributed by atoms with E-state index in [1.165, 1.54) is 24.2 Å². The van der Waals surface area contributed by atoms with E-state index in [9.17, 15) is 0 Å². The molecule has 0 amide bonds. The zero-order chi connectivity index (χ0) is 13.2. The van der Waals surface area contributed by atoms with Crippen LogP contribution in [0.15, 0.2) is 24.3 Å². The van der Waals surface area contributed by atoms with Gasteiger partial charge in [-0.3, -0.25) is 0 Å². The van der Waals surface area contributed by atoms with Crippen molar-refractivity contribution in [1.82, 2.24) is 5.32 Å². The van der Waals surface area contributed by atoms with E-state index in [1.807, 2.05) is 0 Å². The van der Waals surface area contributed by atoms with Gasteiger partial charge in [0.2, 0.25) is 0 Å². The van der Waals surface area contributed by atoms with Gasteiger partial charge in [-0.05, 0) is 37.8 Å². The summed E-state index contributed by atoms with van der Waals surface area (Å²) in [6.07, 6.45) is 2.84. The predicted octanol–water partition coefficient (Wildman–Crippen LogP) is 2.33. The standard InChI is InChI=1S/C16H25N3/c1-13(14-7-8-14)17-9-10-19-12-11-18(2)15-5-3-4-6-16(15)19/h3-6,13-14,17H,7-12H2,1-2H3. The molecule has 1 atom stereocenters. The second-order valence-corrected chi connectivity index (χ2v) is 5.98. The van der Waals surface area contributed by atoms with Crippen molar-refractivity contribution in [3.8, 4) is 0 Å². The first-order valence-electron chi connectivity index (χ1n) is 7.54. The average molecular weight is 259 g/mol. The molecule has 1 fully saturated rings. The van der Waals surface area contributed by atoms with Crippen LogP contribution in [-0.4, -0.2) is 39.3 Å². The summed E-state index contributed by atoms with van der Waals surface area (Å²) >= 11 is 0. The van der Waals surface area contributed by atoms with Crippen molar-refractivity contribution in [3.05, 3.63) is 24.3 Å². The van der Waals surface area contributed by atoms with Crippen molar-refractivity contribution in [1.29, 1.82) is 0 Å². The summed E-state index contributed by atoms with van der Waals surface area (Å²) in [6, 6.07) is 9.44. The molecule has 2 aliphatic rings. The minimum Gasteiger partial charge on any atom is -0.371 e. The minimum absolute atomic E-state index is 0.697. The summed E-state index contributed by atoms with van der Waals surface area (Å²) in [7, 11) is 2.18. The SMILES string of the molecule is CC(NCCN1CCN(C)c2ccccc21)C1CC1. The summed E-state index contributed by atoms with van der Waals surface area (Å²) in [6.45, 7) is 6.79. The Labute approximate surface area is 116 Å². The van der Waals surface area contributed by atoms with E-state index in [4.69, 9.17) is 0 Å². The van der Waals surface area contributed by atoms with Gasteiger partial charge in [-0.15, -0.1) is 0 Å². The summed E-state index contributed by atoms with van der Waals surface area (Å²) in [5, 5.41) is 3.68. The second kappa shape index (κ2) is 5.41. The lowest BCUT2D eigenvalue weighted by Crippen LogP contribution is -2.43. The Hall–Kier alpha value is -1.22. The van der Waals surface area contributed by atoms with Crippen LogP contribution < -0.4 is 15.1 Å². The van der Waals surface area contributed by atoms with Gasteiger partial charge in [0.05, 0.1) is 11.4 Å². The molecule has 1 aromatic rings. The molecule has 19 heavy (non-hydrogen) atoms. The molecule has 0 radical (unpaired) electrons. The first kappa shape index (κ1) is 12.8.